The molecule has 1 fully saturated rings. The summed E-state index contributed by atoms with van der Waals surface area (Å²) in [4.78, 5) is 0. The summed E-state index contributed by atoms with van der Waals surface area (Å²) in [6.07, 6.45) is 4.72. The van der Waals surface area contributed by atoms with E-state index in [1.165, 1.54) is 12.8 Å². The van der Waals surface area contributed by atoms with Gasteiger partial charge in [-0.3, -0.25) is 5.10 Å². The Labute approximate surface area is 131 Å². The van der Waals surface area contributed by atoms with Gasteiger partial charge in [-0.2, -0.15) is 10.4 Å². The zero-order valence-electron chi connectivity index (χ0n) is 13.1. The molecule has 0 spiro atoms. The van der Waals surface area contributed by atoms with Gasteiger partial charge in [-0.15, -0.1) is 0 Å². The van der Waals surface area contributed by atoms with Crippen LogP contribution in [0.5, 0.6) is 5.75 Å². The number of nitriles is 1. The summed E-state index contributed by atoms with van der Waals surface area (Å²) in [5.41, 5.74) is 3.35. The van der Waals surface area contributed by atoms with Crippen LogP contribution in [0.1, 0.15) is 49.8 Å². The third-order valence-corrected chi connectivity index (χ3v) is 4.67. The second-order valence-corrected chi connectivity index (χ2v) is 6.16. The van der Waals surface area contributed by atoms with Crippen LogP contribution >= 0.6 is 0 Å². The van der Waals surface area contributed by atoms with Crippen molar-refractivity contribution in [3.8, 4) is 23.1 Å². The van der Waals surface area contributed by atoms with Crippen molar-refractivity contribution in [3.63, 3.8) is 0 Å². The largest absolute Gasteiger partial charge is 0.497 e. The van der Waals surface area contributed by atoms with Crippen LogP contribution in [0.2, 0.25) is 0 Å². The molecule has 0 aliphatic heterocycles. The quantitative estimate of drug-likeness (QED) is 0.920. The first-order chi connectivity index (χ1) is 10.7. The molecule has 0 radical (unpaired) electrons. The summed E-state index contributed by atoms with van der Waals surface area (Å²) in [6.45, 7) is 2.30. The molecule has 4 heteroatoms. The predicted molar refractivity (Wildman–Crippen MR) is 85.7 cm³/mol. The fourth-order valence-electron chi connectivity index (χ4n) is 3.29. The number of benzene rings is 1. The lowest BCUT2D eigenvalue weighted by atomic mass is 9.80. The van der Waals surface area contributed by atoms with Crippen molar-refractivity contribution >= 4 is 0 Å². The molecule has 0 unspecified atom stereocenters. The van der Waals surface area contributed by atoms with E-state index in [-0.39, 0.29) is 0 Å². The molecule has 0 saturated heterocycles. The zero-order valence-corrected chi connectivity index (χ0v) is 13.1. The Balaban J connectivity index is 1.95. The van der Waals surface area contributed by atoms with Gasteiger partial charge in [-0.1, -0.05) is 31.9 Å². The highest BCUT2D eigenvalue weighted by molar-refractivity contribution is 5.69. The standard InChI is InChI=1S/C18H21N3O/c1-12-6-8-13(9-7-12)17-16(11-19)18(21-20-17)14-4-3-5-15(10-14)22-2/h3-5,10,12-13H,6-9H2,1-2H3,(H,20,21). The molecule has 1 heterocycles. The van der Waals surface area contributed by atoms with Crippen LogP contribution in [-0.2, 0) is 0 Å². The summed E-state index contributed by atoms with van der Waals surface area (Å²) in [5, 5.41) is 17.2. The number of H-pyrrole nitrogens is 1. The average molecular weight is 295 g/mol. The summed E-state index contributed by atoms with van der Waals surface area (Å²) in [7, 11) is 1.64. The molecular weight excluding hydrogens is 274 g/mol. The smallest absolute Gasteiger partial charge is 0.119 e. The Bertz CT molecular complexity index is 691. The van der Waals surface area contributed by atoms with Crippen LogP contribution in [0.4, 0.5) is 0 Å². The maximum atomic E-state index is 9.62. The van der Waals surface area contributed by atoms with Crippen molar-refractivity contribution in [2.24, 2.45) is 5.92 Å². The lowest BCUT2D eigenvalue weighted by Gasteiger charge is -2.25. The van der Waals surface area contributed by atoms with Gasteiger partial charge in [0.2, 0.25) is 0 Å². The molecule has 1 saturated carbocycles. The minimum Gasteiger partial charge on any atom is -0.497 e. The minimum absolute atomic E-state index is 0.428. The van der Waals surface area contributed by atoms with E-state index < -0.39 is 0 Å². The molecule has 0 bridgehead atoms. The van der Waals surface area contributed by atoms with Gasteiger partial charge >= 0.3 is 0 Å². The van der Waals surface area contributed by atoms with E-state index >= 15 is 0 Å². The van der Waals surface area contributed by atoms with Crippen LogP contribution in [0.15, 0.2) is 24.3 Å². The molecule has 114 valence electrons. The molecule has 1 aromatic heterocycles. The SMILES string of the molecule is COc1cccc(-c2n[nH]c(C3CCC(C)CC3)c2C#N)c1. The highest BCUT2D eigenvalue weighted by atomic mass is 16.5. The van der Waals surface area contributed by atoms with E-state index in [1.807, 2.05) is 24.3 Å². The highest BCUT2D eigenvalue weighted by Crippen LogP contribution is 2.38. The van der Waals surface area contributed by atoms with Crippen molar-refractivity contribution in [2.75, 3.05) is 7.11 Å². The van der Waals surface area contributed by atoms with E-state index in [9.17, 15) is 5.26 Å². The molecular formula is C18H21N3O. The van der Waals surface area contributed by atoms with E-state index in [2.05, 4.69) is 23.2 Å². The van der Waals surface area contributed by atoms with Crippen LogP contribution in [0, 0.1) is 17.2 Å². The number of methoxy groups -OCH3 is 1. The molecule has 1 N–H and O–H groups in total. The Kier molecular flexibility index (Phi) is 4.15. The first-order valence-electron chi connectivity index (χ1n) is 7.85. The second-order valence-electron chi connectivity index (χ2n) is 6.16. The highest BCUT2D eigenvalue weighted by Gasteiger charge is 2.26. The molecule has 2 aromatic rings. The van der Waals surface area contributed by atoms with Crippen LogP contribution in [0.25, 0.3) is 11.3 Å². The van der Waals surface area contributed by atoms with Gasteiger partial charge in [-0.05, 0) is 30.9 Å². The summed E-state index contributed by atoms with van der Waals surface area (Å²) in [5.74, 6) is 2.00. The number of nitrogens with one attached hydrogen (secondary N) is 1. The van der Waals surface area contributed by atoms with E-state index in [1.54, 1.807) is 7.11 Å². The van der Waals surface area contributed by atoms with Crippen molar-refractivity contribution in [1.29, 1.82) is 5.26 Å². The van der Waals surface area contributed by atoms with Gasteiger partial charge < -0.3 is 4.74 Å². The van der Waals surface area contributed by atoms with E-state index in [0.29, 0.717) is 11.5 Å². The van der Waals surface area contributed by atoms with Crippen LogP contribution in [0.3, 0.4) is 0 Å². The lowest BCUT2D eigenvalue weighted by molar-refractivity contribution is 0.343. The molecule has 0 amide bonds. The second kappa shape index (κ2) is 6.23. The van der Waals surface area contributed by atoms with Gasteiger partial charge in [0.05, 0.1) is 12.8 Å². The maximum Gasteiger partial charge on any atom is 0.119 e. The molecule has 1 aliphatic rings. The van der Waals surface area contributed by atoms with Crippen LogP contribution < -0.4 is 4.74 Å². The number of ether oxygens (including phenoxy) is 1. The fourth-order valence-corrected chi connectivity index (χ4v) is 3.29. The Morgan fingerprint density at radius 3 is 2.73 bits per heavy atom. The average Bonchev–Trinajstić information content (AvgIpc) is 2.99. The number of aromatic nitrogens is 2. The Hall–Kier alpha value is -2.28. The van der Waals surface area contributed by atoms with Crippen molar-refractivity contribution in [1.82, 2.24) is 10.2 Å². The molecule has 3 rings (SSSR count). The normalized spacial score (nSPS) is 21.3. The van der Waals surface area contributed by atoms with Crippen LogP contribution in [-0.4, -0.2) is 17.3 Å². The number of rotatable bonds is 3. The predicted octanol–water partition coefficient (Wildman–Crippen LogP) is 4.25. The minimum atomic E-state index is 0.428. The molecule has 0 atom stereocenters. The van der Waals surface area contributed by atoms with Gasteiger partial charge in [-0.25, -0.2) is 0 Å². The Morgan fingerprint density at radius 2 is 2.05 bits per heavy atom. The van der Waals surface area contributed by atoms with Gasteiger partial charge in [0, 0.05) is 11.5 Å². The number of nitrogens with zero attached hydrogens (tertiary/aromatic N) is 2. The Morgan fingerprint density at radius 1 is 1.27 bits per heavy atom. The van der Waals surface area contributed by atoms with Gasteiger partial charge in [0.15, 0.2) is 0 Å². The fraction of sp³-hybridized carbons (Fsp3) is 0.444. The third kappa shape index (κ3) is 2.71. The van der Waals surface area contributed by atoms with Gasteiger partial charge in [0.25, 0.3) is 0 Å². The van der Waals surface area contributed by atoms with E-state index in [4.69, 9.17) is 4.74 Å². The summed E-state index contributed by atoms with van der Waals surface area (Å²) >= 11 is 0. The van der Waals surface area contributed by atoms with Gasteiger partial charge in [0.1, 0.15) is 23.1 Å². The first kappa shape index (κ1) is 14.6. The molecule has 1 aliphatic carbocycles. The third-order valence-electron chi connectivity index (χ3n) is 4.67. The van der Waals surface area contributed by atoms with Crippen molar-refractivity contribution in [2.45, 2.75) is 38.5 Å². The maximum absolute atomic E-state index is 9.62. The summed E-state index contributed by atoms with van der Waals surface area (Å²) < 4.78 is 5.26. The number of aromatic amines is 1. The topological polar surface area (TPSA) is 61.7 Å². The monoisotopic (exact) mass is 295 g/mol. The van der Waals surface area contributed by atoms with Crippen molar-refractivity contribution in [3.05, 3.63) is 35.5 Å². The number of hydrogen-bond acceptors (Lipinski definition) is 3. The first-order valence-corrected chi connectivity index (χ1v) is 7.85. The lowest BCUT2D eigenvalue weighted by Crippen LogP contribution is -2.12. The molecule has 4 nitrogen and oxygen atoms in total. The zero-order chi connectivity index (χ0) is 15.5. The molecule has 1 aromatic carbocycles. The summed E-state index contributed by atoms with van der Waals surface area (Å²) in [6, 6.07) is 10.1. The van der Waals surface area contributed by atoms with Crippen molar-refractivity contribution < 1.29 is 4.74 Å². The van der Waals surface area contributed by atoms with E-state index in [0.717, 1.165) is 41.5 Å². The molecule has 22 heavy (non-hydrogen) atoms. The number of hydrogen-bond donors (Lipinski definition) is 1.